The van der Waals surface area contributed by atoms with Crippen molar-refractivity contribution in [2.75, 3.05) is 23.8 Å². The number of ether oxygens (including phenoxy) is 1. The smallest absolute Gasteiger partial charge is 0.337 e. The number of aromatic carboxylic acids is 1. The number of carbonyl (C=O) groups excluding carboxylic acids is 2. The quantitative estimate of drug-likeness (QED) is 0.592. The zero-order valence-corrected chi connectivity index (χ0v) is 15.9. The van der Waals surface area contributed by atoms with Crippen molar-refractivity contribution in [3.05, 3.63) is 53.3 Å². The number of carbonyl (C=O) groups is 3. The van der Waals surface area contributed by atoms with Gasteiger partial charge < -0.3 is 25.8 Å². The van der Waals surface area contributed by atoms with E-state index < -0.39 is 11.9 Å². The fourth-order valence-corrected chi connectivity index (χ4v) is 2.93. The number of anilines is 2. The Hall–Kier alpha value is -3.46. The molecule has 1 aromatic heterocycles. The van der Waals surface area contributed by atoms with Gasteiger partial charge in [0.15, 0.2) is 0 Å². The lowest BCUT2D eigenvalue weighted by Crippen LogP contribution is -2.35. The van der Waals surface area contributed by atoms with Gasteiger partial charge in [-0.1, -0.05) is 0 Å². The minimum absolute atomic E-state index is 0.0507. The van der Waals surface area contributed by atoms with Crippen LogP contribution in [0.25, 0.3) is 0 Å². The number of aryl methyl sites for hydroxylation is 1. The van der Waals surface area contributed by atoms with Crippen LogP contribution in [0.2, 0.25) is 0 Å². The Morgan fingerprint density at radius 3 is 2.38 bits per heavy atom. The number of amides is 3. The molecule has 3 amide bonds. The van der Waals surface area contributed by atoms with Crippen LogP contribution in [-0.2, 0) is 4.74 Å². The van der Waals surface area contributed by atoms with Crippen LogP contribution in [0.3, 0.4) is 0 Å². The van der Waals surface area contributed by atoms with Crippen molar-refractivity contribution in [1.82, 2.24) is 10.3 Å². The summed E-state index contributed by atoms with van der Waals surface area (Å²) >= 11 is 0. The standard InChI is InChI=1S/C20H22N4O5/c1-12-16(19(26)27)8-9-17(22-12)18(25)23-13-4-6-14(7-5-13)24-20(28)21-11-15-3-2-10-29-15/h4-9,15H,2-3,10-11H2,1H3,(H,23,25)(H,26,27)(H2,21,24,28). The van der Waals surface area contributed by atoms with Crippen LogP contribution in [0.5, 0.6) is 0 Å². The number of hydrogen-bond acceptors (Lipinski definition) is 5. The largest absolute Gasteiger partial charge is 0.478 e. The highest BCUT2D eigenvalue weighted by molar-refractivity contribution is 6.03. The summed E-state index contributed by atoms with van der Waals surface area (Å²) in [6.07, 6.45) is 2.03. The third-order valence-electron chi connectivity index (χ3n) is 4.46. The van der Waals surface area contributed by atoms with Gasteiger partial charge in [0.25, 0.3) is 5.91 Å². The number of urea groups is 1. The van der Waals surface area contributed by atoms with Gasteiger partial charge in [-0.25, -0.2) is 14.6 Å². The summed E-state index contributed by atoms with van der Waals surface area (Å²) in [6.45, 7) is 2.73. The number of rotatable bonds is 6. The average Bonchev–Trinajstić information content (AvgIpc) is 3.21. The van der Waals surface area contributed by atoms with Gasteiger partial charge in [0, 0.05) is 24.5 Å². The Balaban J connectivity index is 1.53. The number of nitrogens with one attached hydrogen (secondary N) is 3. The van der Waals surface area contributed by atoms with Crippen LogP contribution in [0.1, 0.15) is 39.4 Å². The number of benzene rings is 1. The summed E-state index contributed by atoms with van der Waals surface area (Å²) in [5, 5.41) is 17.2. The molecule has 0 spiro atoms. The molecule has 1 aliphatic rings. The lowest BCUT2D eigenvalue weighted by Gasteiger charge is -2.12. The molecule has 0 saturated carbocycles. The summed E-state index contributed by atoms with van der Waals surface area (Å²) in [5.74, 6) is -1.55. The third kappa shape index (κ3) is 5.52. The first kappa shape index (κ1) is 20.3. The molecule has 1 aromatic carbocycles. The van der Waals surface area contributed by atoms with E-state index in [0.717, 1.165) is 19.4 Å². The molecule has 2 heterocycles. The number of carboxylic acids is 1. The van der Waals surface area contributed by atoms with Crippen LogP contribution >= 0.6 is 0 Å². The maximum atomic E-state index is 12.3. The van der Waals surface area contributed by atoms with Crippen molar-refractivity contribution in [1.29, 1.82) is 0 Å². The van der Waals surface area contributed by atoms with E-state index in [1.54, 1.807) is 24.3 Å². The van der Waals surface area contributed by atoms with Crippen LogP contribution in [0.4, 0.5) is 16.2 Å². The van der Waals surface area contributed by atoms with Crippen LogP contribution in [0, 0.1) is 6.92 Å². The SMILES string of the molecule is Cc1nc(C(=O)Nc2ccc(NC(=O)NCC3CCCO3)cc2)ccc1C(=O)O. The minimum Gasteiger partial charge on any atom is -0.478 e. The van der Waals surface area contributed by atoms with Gasteiger partial charge in [-0.15, -0.1) is 0 Å². The van der Waals surface area contributed by atoms with E-state index in [1.165, 1.54) is 19.1 Å². The molecule has 1 aliphatic heterocycles. The van der Waals surface area contributed by atoms with Gasteiger partial charge in [0.1, 0.15) is 5.69 Å². The summed E-state index contributed by atoms with van der Waals surface area (Å²) < 4.78 is 5.45. The first-order valence-electron chi connectivity index (χ1n) is 9.21. The van der Waals surface area contributed by atoms with Gasteiger partial charge in [-0.3, -0.25) is 4.79 Å². The normalized spacial score (nSPS) is 15.6. The van der Waals surface area contributed by atoms with Crippen molar-refractivity contribution in [2.24, 2.45) is 0 Å². The molecule has 1 atom stereocenters. The number of hydrogen-bond donors (Lipinski definition) is 4. The summed E-state index contributed by atoms with van der Waals surface area (Å²) in [7, 11) is 0. The van der Waals surface area contributed by atoms with E-state index in [0.29, 0.717) is 17.9 Å². The fourth-order valence-electron chi connectivity index (χ4n) is 2.93. The van der Waals surface area contributed by atoms with Crippen molar-refractivity contribution >= 4 is 29.3 Å². The second kappa shape index (κ2) is 9.16. The molecule has 0 radical (unpaired) electrons. The predicted molar refractivity (Wildman–Crippen MR) is 106 cm³/mol. The second-order valence-corrected chi connectivity index (χ2v) is 6.64. The van der Waals surface area contributed by atoms with Gasteiger partial charge in [0.05, 0.1) is 17.4 Å². The van der Waals surface area contributed by atoms with E-state index in [2.05, 4.69) is 20.9 Å². The van der Waals surface area contributed by atoms with Gasteiger partial charge >= 0.3 is 12.0 Å². The minimum atomic E-state index is -1.09. The Labute approximate surface area is 167 Å². The molecule has 1 unspecified atom stereocenters. The summed E-state index contributed by atoms with van der Waals surface area (Å²) in [6, 6.07) is 9.00. The highest BCUT2D eigenvalue weighted by atomic mass is 16.5. The molecular weight excluding hydrogens is 376 g/mol. The van der Waals surface area contributed by atoms with E-state index in [-0.39, 0.29) is 29.1 Å². The van der Waals surface area contributed by atoms with Crippen LogP contribution in [-0.4, -0.2) is 47.3 Å². The molecule has 9 nitrogen and oxygen atoms in total. The molecule has 29 heavy (non-hydrogen) atoms. The zero-order chi connectivity index (χ0) is 20.8. The molecule has 1 fully saturated rings. The first-order valence-corrected chi connectivity index (χ1v) is 9.21. The Morgan fingerprint density at radius 1 is 1.10 bits per heavy atom. The number of carboxylic acid groups (broad SMARTS) is 1. The molecule has 3 rings (SSSR count). The number of pyridine rings is 1. The van der Waals surface area contributed by atoms with E-state index in [4.69, 9.17) is 9.84 Å². The molecule has 0 bridgehead atoms. The maximum absolute atomic E-state index is 12.3. The first-order chi connectivity index (χ1) is 13.9. The number of aromatic nitrogens is 1. The lowest BCUT2D eigenvalue weighted by atomic mass is 10.2. The second-order valence-electron chi connectivity index (χ2n) is 6.64. The Kier molecular flexibility index (Phi) is 6.40. The molecule has 9 heteroatoms. The molecule has 4 N–H and O–H groups in total. The van der Waals surface area contributed by atoms with Crippen LogP contribution < -0.4 is 16.0 Å². The average molecular weight is 398 g/mol. The molecule has 1 saturated heterocycles. The summed E-state index contributed by atoms with van der Waals surface area (Å²) in [4.78, 5) is 39.3. The molecule has 0 aliphatic carbocycles. The summed E-state index contributed by atoms with van der Waals surface area (Å²) in [5.41, 5.74) is 1.52. The van der Waals surface area contributed by atoms with E-state index in [9.17, 15) is 14.4 Å². The lowest BCUT2D eigenvalue weighted by molar-refractivity contribution is 0.0695. The van der Waals surface area contributed by atoms with Gasteiger partial charge in [-0.2, -0.15) is 0 Å². The molecule has 2 aromatic rings. The Bertz CT molecular complexity index is 908. The molecular formula is C20H22N4O5. The highest BCUT2D eigenvalue weighted by Gasteiger charge is 2.16. The van der Waals surface area contributed by atoms with Crippen molar-refractivity contribution in [3.63, 3.8) is 0 Å². The van der Waals surface area contributed by atoms with E-state index >= 15 is 0 Å². The van der Waals surface area contributed by atoms with Crippen molar-refractivity contribution in [2.45, 2.75) is 25.9 Å². The van der Waals surface area contributed by atoms with Crippen LogP contribution in [0.15, 0.2) is 36.4 Å². The highest BCUT2D eigenvalue weighted by Crippen LogP contribution is 2.15. The van der Waals surface area contributed by atoms with Crippen molar-refractivity contribution < 1.29 is 24.2 Å². The van der Waals surface area contributed by atoms with Gasteiger partial charge in [-0.05, 0) is 56.2 Å². The van der Waals surface area contributed by atoms with E-state index in [1.807, 2.05) is 0 Å². The topological polar surface area (TPSA) is 130 Å². The molecule has 152 valence electrons. The maximum Gasteiger partial charge on any atom is 0.337 e. The fraction of sp³-hybridized carbons (Fsp3) is 0.300. The number of nitrogens with zero attached hydrogens (tertiary/aromatic N) is 1. The zero-order valence-electron chi connectivity index (χ0n) is 15.9. The monoisotopic (exact) mass is 398 g/mol. The Morgan fingerprint density at radius 2 is 1.79 bits per heavy atom. The third-order valence-corrected chi connectivity index (χ3v) is 4.46. The van der Waals surface area contributed by atoms with Gasteiger partial charge in [0.2, 0.25) is 0 Å². The van der Waals surface area contributed by atoms with Crippen molar-refractivity contribution in [3.8, 4) is 0 Å². The predicted octanol–water partition coefficient (Wildman–Crippen LogP) is 2.64.